The molecule has 0 bridgehead atoms. The van der Waals surface area contributed by atoms with Gasteiger partial charge in [-0.25, -0.2) is 0 Å². The van der Waals surface area contributed by atoms with Gasteiger partial charge in [0.25, 0.3) is 0 Å². The minimum absolute atomic E-state index is 0.414. The van der Waals surface area contributed by atoms with Gasteiger partial charge in [-0.2, -0.15) is 0 Å². The van der Waals surface area contributed by atoms with Crippen molar-refractivity contribution < 1.29 is 4.79 Å². The summed E-state index contributed by atoms with van der Waals surface area (Å²) in [6.45, 7) is 5.79. The molecule has 0 N–H and O–H groups in total. The fourth-order valence-electron chi connectivity index (χ4n) is 4.16. The molecule has 2 heteroatoms. The molecule has 1 amide bonds. The first-order valence-electron chi connectivity index (χ1n) is 12.2. The smallest absolute Gasteiger partial charge is 0.222 e. The van der Waals surface area contributed by atoms with E-state index in [4.69, 9.17) is 0 Å². The van der Waals surface area contributed by atoms with Crippen LogP contribution in [0, 0.1) is 0 Å². The standard InChI is InChI=1S/C25H47NO/c1-2-3-4-5-6-7-8-9-10-11-12-13-14-15-16-19-22-25(27)26-23-20-17-18-21-24-26/h2H,1,3-24H2. The van der Waals surface area contributed by atoms with Gasteiger partial charge in [-0.1, -0.05) is 96.0 Å². The van der Waals surface area contributed by atoms with Gasteiger partial charge < -0.3 is 4.90 Å². The summed E-state index contributed by atoms with van der Waals surface area (Å²) in [4.78, 5) is 14.3. The number of hydrogen-bond acceptors (Lipinski definition) is 1. The molecule has 1 rings (SSSR count). The maximum atomic E-state index is 12.2. The van der Waals surface area contributed by atoms with Crippen LogP contribution in [0.3, 0.4) is 0 Å². The van der Waals surface area contributed by atoms with Crippen molar-refractivity contribution in [1.29, 1.82) is 0 Å². The van der Waals surface area contributed by atoms with E-state index in [2.05, 4.69) is 11.5 Å². The topological polar surface area (TPSA) is 20.3 Å². The van der Waals surface area contributed by atoms with Crippen molar-refractivity contribution in [3.05, 3.63) is 12.7 Å². The normalized spacial score (nSPS) is 14.9. The summed E-state index contributed by atoms with van der Waals surface area (Å²) in [5, 5.41) is 0. The SMILES string of the molecule is C=CCCCCCCCCCCCCCCCCC(=O)N1CCCCCC1. The van der Waals surface area contributed by atoms with E-state index in [-0.39, 0.29) is 0 Å². The van der Waals surface area contributed by atoms with Crippen molar-refractivity contribution in [2.75, 3.05) is 13.1 Å². The van der Waals surface area contributed by atoms with Crippen LogP contribution in [0.2, 0.25) is 0 Å². The van der Waals surface area contributed by atoms with Crippen molar-refractivity contribution in [3.8, 4) is 0 Å². The Morgan fingerprint density at radius 2 is 1.04 bits per heavy atom. The van der Waals surface area contributed by atoms with Crippen LogP contribution in [0.4, 0.5) is 0 Å². The largest absolute Gasteiger partial charge is 0.343 e. The summed E-state index contributed by atoms with van der Waals surface area (Å²) >= 11 is 0. The maximum Gasteiger partial charge on any atom is 0.222 e. The molecule has 1 saturated heterocycles. The lowest BCUT2D eigenvalue weighted by atomic mass is 10.0. The van der Waals surface area contributed by atoms with Gasteiger partial charge in [-0.15, -0.1) is 6.58 Å². The van der Waals surface area contributed by atoms with E-state index in [0.717, 1.165) is 25.9 Å². The maximum absolute atomic E-state index is 12.2. The van der Waals surface area contributed by atoms with E-state index in [1.54, 1.807) is 0 Å². The molecule has 1 heterocycles. The van der Waals surface area contributed by atoms with Gasteiger partial charge in [0.2, 0.25) is 5.91 Å². The highest BCUT2D eigenvalue weighted by molar-refractivity contribution is 5.76. The molecule has 0 saturated carbocycles. The zero-order chi connectivity index (χ0) is 19.4. The Balaban J connectivity index is 1.76. The monoisotopic (exact) mass is 377 g/mol. The Labute approximate surface area is 170 Å². The Hall–Kier alpha value is -0.790. The average Bonchev–Trinajstić information content (AvgIpc) is 2.97. The van der Waals surface area contributed by atoms with Crippen molar-refractivity contribution in [1.82, 2.24) is 4.90 Å². The molecule has 27 heavy (non-hydrogen) atoms. The molecule has 1 aliphatic heterocycles. The lowest BCUT2D eigenvalue weighted by Crippen LogP contribution is -2.31. The molecule has 1 aliphatic rings. The minimum Gasteiger partial charge on any atom is -0.343 e. The van der Waals surface area contributed by atoms with Crippen LogP contribution in [0.15, 0.2) is 12.7 Å². The quantitative estimate of drug-likeness (QED) is 0.187. The molecular weight excluding hydrogens is 330 g/mol. The predicted molar refractivity (Wildman–Crippen MR) is 119 cm³/mol. The third-order valence-electron chi connectivity index (χ3n) is 6.01. The van der Waals surface area contributed by atoms with Crippen LogP contribution in [0.1, 0.15) is 128 Å². The molecule has 158 valence electrons. The third kappa shape index (κ3) is 14.9. The van der Waals surface area contributed by atoms with E-state index in [9.17, 15) is 4.79 Å². The van der Waals surface area contributed by atoms with E-state index in [0.29, 0.717) is 5.91 Å². The summed E-state index contributed by atoms with van der Waals surface area (Å²) in [5.74, 6) is 0.414. The molecule has 0 unspecified atom stereocenters. The number of allylic oxidation sites excluding steroid dienone is 1. The molecule has 0 aromatic carbocycles. The number of rotatable bonds is 17. The Morgan fingerprint density at radius 3 is 1.48 bits per heavy atom. The van der Waals surface area contributed by atoms with Gasteiger partial charge in [-0.05, 0) is 32.1 Å². The molecule has 0 radical (unpaired) electrons. The number of carbonyl (C=O) groups excluding carboxylic acids is 1. The van der Waals surface area contributed by atoms with Crippen molar-refractivity contribution in [2.45, 2.75) is 128 Å². The molecular formula is C25H47NO. The van der Waals surface area contributed by atoms with E-state index in [1.807, 2.05) is 6.08 Å². The third-order valence-corrected chi connectivity index (χ3v) is 6.01. The van der Waals surface area contributed by atoms with Gasteiger partial charge in [0, 0.05) is 19.5 Å². The highest BCUT2D eigenvalue weighted by Gasteiger charge is 2.14. The van der Waals surface area contributed by atoms with E-state index < -0.39 is 0 Å². The first-order valence-corrected chi connectivity index (χ1v) is 12.2. The fraction of sp³-hybridized carbons (Fsp3) is 0.880. The Kier molecular flexibility index (Phi) is 16.7. The van der Waals surface area contributed by atoms with Crippen LogP contribution in [0.25, 0.3) is 0 Å². The Morgan fingerprint density at radius 1 is 0.630 bits per heavy atom. The van der Waals surface area contributed by atoms with Crippen LogP contribution >= 0.6 is 0 Å². The van der Waals surface area contributed by atoms with E-state index in [1.165, 1.54) is 116 Å². The summed E-state index contributed by atoms with van der Waals surface area (Å²) in [6, 6.07) is 0. The number of amides is 1. The molecule has 2 nitrogen and oxygen atoms in total. The van der Waals surface area contributed by atoms with Crippen LogP contribution in [-0.2, 0) is 4.79 Å². The lowest BCUT2D eigenvalue weighted by Gasteiger charge is -2.20. The second-order valence-electron chi connectivity index (χ2n) is 8.57. The number of hydrogen-bond donors (Lipinski definition) is 0. The lowest BCUT2D eigenvalue weighted by molar-refractivity contribution is -0.131. The van der Waals surface area contributed by atoms with Crippen LogP contribution in [-0.4, -0.2) is 23.9 Å². The first-order chi connectivity index (χ1) is 13.3. The summed E-state index contributed by atoms with van der Waals surface area (Å²) in [6.07, 6.45) is 28.1. The summed E-state index contributed by atoms with van der Waals surface area (Å²) < 4.78 is 0. The second-order valence-corrected chi connectivity index (χ2v) is 8.57. The number of likely N-dealkylation sites (tertiary alicyclic amines) is 1. The number of unbranched alkanes of at least 4 members (excludes halogenated alkanes) is 14. The van der Waals surface area contributed by atoms with Gasteiger partial charge in [-0.3, -0.25) is 4.79 Å². The van der Waals surface area contributed by atoms with Crippen molar-refractivity contribution >= 4 is 5.91 Å². The zero-order valence-electron chi connectivity index (χ0n) is 18.2. The fourth-order valence-corrected chi connectivity index (χ4v) is 4.16. The molecule has 0 aromatic rings. The summed E-state index contributed by atoms with van der Waals surface area (Å²) in [5.41, 5.74) is 0. The number of carbonyl (C=O) groups is 1. The highest BCUT2D eigenvalue weighted by atomic mass is 16.2. The molecule has 0 atom stereocenters. The number of nitrogens with zero attached hydrogens (tertiary/aromatic N) is 1. The molecule has 1 fully saturated rings. The van der Waals surface area contributed by atoms with E-state index >= 15 is 0 Å². The molecule has 0 aromatic heterocycles. The first kappa shape index (κ1) is 24.2. The van der Waals surface area contributed by atoms with Gasteiger partial charge in [0.05, 0.1) is 0 Å². The average molecular weight is 378 g/mol. The summed E-state index contributed by atoms with van der Waals surface area (Å²) in [7, 11) is 0. The molecule has 0 aliphatic carbocycles. The van der Waals surface area contributed by atoms with Gasteiger partial charge in [0.15, 0.2) is 0 Å². The highest BCUT2D eigenvalue weighted by Crippen LogP contribution is 2.15. The van der Waals surface area contributed by atoms with Crippen LogP contribution < -0.4 is 0 Å². The predicted octanol–water partition coefficient (Wildman–Crippen LogP) is 7.82. The Bertz CT molecular complexity index is 344. The minimum atomic E-state index is 0.414. The second kappa shape index (κ2) is 18.6. The van der Waals surface area contributed by atoms with Crippen molar-refractivity contribution in [2.24, 2.45) is 0 Å². The van der Waals surface area contributed by atoms with Gasteiger partial charge >= 0.3 is 0 Å². The van der Waals surface area contributed by atoms with Crippen LogP contribution in [0.5, 0.6) is 0 Å². The zero-order valence-corrected chi connectivity index (χ0v) is 18.2. The van der Waals surface area contributed by atoms with Gasteiger partial charge in [0.1, 0.15) is 0 Å². The van der Waals surface area contributed by atoms with Crippen molar-refractivity contribution in [3.63, 3.8) is 0 Å². The molecule has 0 spiro atoms.